The molecule has 0 N–H and O–H groups in total. The molecule has 4 heavy (non-hydrogen) atoms. The minimum atomic E-state index is 0. The Hall–Kier alpha value is 1.97. The monoisotopic (exact) mass is 258 g/mol. The first kappa shape index (κ1) is 37.9. The van der Waals surface area contributed by atoms with Crippen molar-refractivity contribution in [3.05, 3.63) is 0 Å². The smallest absolute Gasteiger partial charge is 2.00 e. The van der Waals surface area contributed by atoms with E-state index < -0.39 is 0 Å². The van der Waals surface area contributed by atoms with Crippen LogP contribution in [-0.2, 0) is 42.0 Å². The van der Waals surface area contributed by atoms with E-state index >= 15 is 0 Å². The van der Waals surface area contributed by atoms with Crippen molar-refractivity contribution in [3.8, 4) is 0 Å². The maximum atomic E-state index is 0. The molecular weight excluding hydrogens is 260 g/mol. The Bertz CT molecular complexity index is 8.00. The van der Waals surface area contributed by atoms with E-state index in [0.29, 0.717) is 0 Å². The third-order valence-electron chi connectivity index (χ3n) is 0. The Labute approximate surface area is 67.2 Å². The van der Waals surface area contributed by atoms with Crippen LogP contribution in [0.5, 0.6) is 0 Å². The molecule has 0 amide bonds. The van der Waals surface area contributed by atoms with Crippen molar-refractivity contribution >= 4 is 25.8 Å². The van der Waals surface area contributed by atoms with Crippen LogP contribution in [0.1, 0.15) is 0 Å². The van der Waals surface area contributed by atoms with Crippen molar-refractivity contribution in [1.82, 2.24) is 0 Å². The first-order valence-corrected chi connectivity index (χ1v) is 0. The maximum Gasteiger partial charge on any atom is 3.00 e. The summed E-state index contributed by atoms with van der Waals surface area (Å²) in [5.74, 6) is 0. The summed E-state index contributed by atoms with van der Waals surface area (Å²) in [7, 11) is 0. The van der Waals surface area contributed by atoms with Gasteiger partial charge in [0.05, 0.1) is 0 Å². The average Bonchev–Trinajstić information content (AvgIpc) is 0. The fraction of sp³-hybridized carbons (Fsp3) is 0. The van der Waals surface area contributed by atoms with Crippen LogP contribution >= 0.6 is 0 Å². The molecule has 0 bridgehead atoms. The van der Waals surface area contributed by atoms with E-state index in [-0.39, 0.29) is 67.9 Å². The van der Waals surface area contributed by atoms with E-state index in [0.717, 1.165) is 0 Å². The first-order valence-electron chi connectivity index (χ1n) is 0. The third-order valence-corrected chi connectivity index (χ3v) is 0. The standard InChI is InChI=1S/Cu.In.O.Zn/q+2;+3;-2;+2. The Morgan fingerprint density at radius 3 is 1.00 bits per heavy atom. The predicted molar refractivity (Wildman–Crippen MR) is 6.44 cm³/mol. The van der Waals surface area contributed by atoms with E-state index in [4.69, 9.17) is 0 Å². The zero-order valence-electron chi connectivity index (χ0n) is 1.99. The van der Waals surface area contributed by atoms with Crippen LogP contribution in [0.15, 0.2) is 0 Å². The summed E-state index contributed by atoms with van der Waals surface area (Å²) in [5.41, 5.74) is 0. The average molecular weight is 260 g/mol. The summed E-state index contributed by atoms with van der Waals surface area (Å²) >= 11 is 0. The van der Waals surface area contributed by atoms with Crippen LogP contribution < -0.4 is 0 Å². The van der Waals surface area contributed by atoms with E-state index in [9.17, 15) is 0 Å². The van der Waals surface area contributed by atoms with Crippen molar-refractivity contribution in [2.45, 2.75) is 0 Å². The van der Waals surface area contributed by atoms with E-state index in [1.165, 1.54) is 0 Å². The zero-order chi connectivity index (χ0) is 0. The van der Waals surface area contributed by atoms with Gasteiger partial charge >= 0.3 is 62.4 Å². The molecule has 0 saturated heterocycles. The number of rotatable bonds is 0. The number of hydrogen-bond acceptors (Lipinski definition) is 0. The van der Waals surface area contributed by atoms with Crippen LogP contribution in [-0.4, -0.2) is 25.8 Å². The van der Waals surface area contributed by atoms with Crippen molar-refractivity contribution in [3.63, 3.8) is 0 Å². The van der Waals surface area contributed by atoms with Gasteiger partial charge in [-0.15, -0.1) is 0 Å². The van der Waals surface area contributed by atoms with Crippen LogP contribution in [0.3, 0.4) is 0 Å². The van der Waals surface area contributed by atoms with Crippen molar-refractivity contribution in [2.75, 3.05) is 0 Å². The molecule has 0 unspecified atom stereocenters. The fourth-order valence-electron chi connectivity index (χ4n) is 0. The molecule has 1 nitrogen and oxygen atoms in total. The second kappa shape index (κ2) is 20.2. The molecule has 0 aliphatic rings. The summed E-state index contributed by atoms with van der Waals surface area (Å²) in [5, 5.41) is 0. The summed E-state index contributed by atoms with van der Waals surface area (Å²) in [6.45, 7) is 0. The molecule has 0 aromatic carbocycles. The van der Waals surface area contributed by atoms with Crippen molar-refractivity contribution in [2.24, 2.45) is 0 Å². The Morgan fingerprint density at radius 2 is 1.00 bits per heavy atom. The van der Waals surface area contributed by atoms with Gasteiger partial charge in [-0.2, -0.15) is 0 Å². The summed E-state index contributed by atoms with van der Waals surface area (Å²) in [4.78, 5) is 0. The minimum absolute atomic E-state index is 0. The Kier molecular flexibility index (Phi) is 191. The van der Waals surface area contributed by atoms with Gasteiger partial charge in [-0.1, -0.05) is 0 Å². The maximum absolute atomic E-state index is 0. The second-order valence-corrected chi connectivity index (χ2v) is 0. The topological polar surface area (TPSA) is 28.5 Å². The molecule has 4 heteroatoms. The largest absolute Gasteiger partial charge is 3.00 e. The van der Waals surface area contributed by atoms with Gasteiger partial charge in [-0.3, -0.25) is 0 Å². The van der Waals surface area contributed by atoms with Gasteiger partial charge in [0.15, 0.2) is 0 Å². The molecule has 0 aromatic rings. The quantitative estimate of drug-likeness (QED) is 0.525. The van der Waals surface area contributed by atoms with E-state index in [1.54, 1.807) is 0 Å². The zero-order valence-corrected chi connectivity index (χ0v) is 9.20. The Morgan fingerprint density at radius 1 is 1.00 bits per heavy atom. The SMILES string of the molecule is [Cu+2].[In+3].[O-2].[Zn+2]. The molecule has 0 aliphatic heterocycles. The normalized spacial score (nSPS) is 0. The molecule has 0 aliphatic carbocycles. The van der Waals surface area contributed by atoms with Crippen molar-refractivity contribution in [1.29, 1.82) is 0 Å². The van der Waals surface area contributed by atoms with Crippen LogP contribution in [0.2, 0.25) is 0 Å². The summed E-state index contributed by atoms with van der Waals surface area (Å²) in [6.07, 6.45) is 0. The van der Waals surface area contributed by atoms with E-state index in [2.05, 4.69) is 0 Å². The minimum Gasteiger partial charge on any atom is -2.00 e. The van der Waals surface area contributed by atoms with Gasteiger partial charge in [0.25, 0.3) is 0 Å². The van der Waals surface area contributed by atoms with Gasteiger partial charge in [-0.25, -0.2) is 0 Å². The fourth-order valence-corrected chi connectivity index (χ4v) is 0. The number of hydrogen-bond donors (Lipinski definition) is 0. The molecular formula is CuInOZn+5. The van der Waals surface area contributed by atoms with Gasteiger partial charge in [-0.05, 0) is 0 Å². The molecule has 0 fully saturated rings. The van der Waals surface area contributed by atoms with Crippen LogP contribution in [0.25, 0.3) is 0 Å². The van der Waals surface area contributed by atoms with Gasteiger partial charge < -0.3 is 5.48 Å². The molecule has 0 spiro atoms. The molecule has 0 saturated carbocycles. The summed E-state index contributed by atoms with van der Waals surface area (Å²) in [6, 6.07) is 0. The van der Waals surface area contributed by atoms with Gasteiger partial charge in [0.1, 0.15) is 0 Å². The van der Waals surface area contributed by atoms with Crippen molar-refractivity contribution < 1.29 is 42.0 Å². The molecule has 0 aromatic heterocycles. The Balaban J connectivity index is 0. The molecule has 0 heterocycles. The molecule has 0 atom stereocenters. The molecule has 0 rings (SSSR count). The van der Waals surface area contributed by atoms with Crippen LogP contribution in [0.4, 0.5) is 0 Å². The summed E-state index contributed by atoms with van der Waals surface area (Å²) < 4.78 is 0. The van der Waals surface area contributed by atoms with E-state index in [1.807, 2.05) is 0 Å². The van der Waals surface area contributed by atoms with Gasteiger partial charge in [0, 0.05) is 0 Å². The molecule has 17 valence electrons. The predicted octanol–water partition coefficient (Wildman–Crippen LogP) is -0.505. The van der Waals surface area contributed by atoms with Gasteiger partial charge in [0.2, 0.25) is 0 Å². The first-order chi connectivity index (χ1) is 0. The van der Waals surface area contributed by atoms with Crippen LogP contribution in [0, 0.1) is 0 Å². The second-order valence-electron chi connectivity index (χ2n) is 0. The third kappa shape index (κ3) is 9.02. The molecule has 1 radical (unpaired) electrons.